The predicted octanol–water partition coefficient (Wildman–Crippen LogP) is -2.51. The SMILES string of the molecule is B[PH]1(O)OC[C@H]2O[C@@H](n3cnc4c(N)nc(NCCN)nc43)C(O)[C@H]2O1. The summed E-state index contributed by atoms with van der Waals surface area (Å²) in [5, 5.41) is 13.6. The molecule has 2 fully saturated rings. The van der Waals surface area contributed by atoms with Gasteiger partial charge in [0.05, 0.1) is 0 Å². The number of nitrogens with zero attached hydrogens (tertiary/aromatic N) is 4. The number of nitrogen functional groups attached to an aromatic ring is 1. The molecular weight excluding hydrogens is 364 g/mol. The van der Waals surface area contributed by atoms with Gasteiger partial charge in [-0.25, -0.2) is 0 Å². The molecule has 7 N–H and O–H groups in total. The number of aliphatic hydroxyl groups is 1. The number of aliphatic hydroxyl groups excluding tert-OH is 1. The molecule has 0 radical (unpaired) electrons. The van der Waals surface area contributed by atoms with Gasteiger partial charge >= 0.3 is 149 Å². The second-order valence-corrected chi connectivity index (χ2v) is 8.64. The van der Waals surface area contributed by atoms with Gasteiger partial charge in [0, 0.05) is 0 Å². The molecule has 0 aromatic carbocycles. The molecule has 14 heteroatoms. The Balaban J connectivity index is 1.67. The number of nitrogens with one attached hydrogen (secondary N) is 1. The van der Waals surface area contributed by atoms with Crippen molar-refractivity contribution >= 4 is 38.3 Å². The second-order valence-electron chi connectivity index (χ2n) is 6.32. The van der Waals surface area contributed by atoms with Gasteiger partial charge in [-0.3, -0.25) is 0 Å². The molecule has 0 saturated carbocycles. The second kappa shape index (κ2) is 6.53. The maximum absolute atomic E-state index is 10.7. The van der Waals surface area contributed by atoms with Gasteiger partial charge in [-0.15, -0.1) is 0 Å². The third kappa shape index (κ3) is 3.01. The van der Waals surface area contributed by atoms with Crippen LogP contribution in [0.4, 0.5) is 11.8 Å². The molecule has 4 atom stereocenters. The van der Waals surface area contributed by atoms with Crippen LogP contribution in [0.3, 0.4) is 0 Å². The van der Waals surface area contributed by atoms with Gasteiger partial charge in [0.15, 0.2) is 0 Å². The molecule has 4 rings (SSSR count). The van der Waals surface area contributed by atoms with Gasteiger partial charge < -0.3 is 0 Å². The monoisotopic (exact) mass is 385 g/mol. The van der Waals surface area contributed by atoms with E-state index in [0.29, 0.717) is 30.2 Å². The summed E-state index contributed by atoms with van der Waals surface area (Å²) in [7, 11) is -1.75. The Morgan fingerprint density at radius 1 is 1.46 bits per heavy atom. The van der Waals surface area contributed by atoms with Crippen LogP contribution in [-0.4, -0.2) is 75.1 Å². The number of hydrogen-bond donors (Lipinski definition) is 5. The first-order valence-electron chi connectivity index (χ1n) is 8.21. The standard InChI is InChI=1S/C12H21BN7O5P/c13-26(22)23-3-5-8(25-26)7(21)11(24-5)20-4-17-6-9(15)18-12(16-2-1-14)19-10(6)20/h4-5,7-8,11,21-22,26H,1-3,13-14H2,(H3,15,16,18,19)/t5-,7?,8+,11-/m1/s1. The van der Waals surface area contributed by atoms with E-state index < -0.39 is 32.4 Å². The van der Waals surface area contributed by atoms with Crippen LogP contribution < -0.4 is 16.8 Å². The fourth-order valence-electron chi connectivity index (χ4n) is 3.14. The normalized spacial score (nSPS) is 31.7. The van der Waals surface area contributed by atoms with Gasteiger partial charge in [-0.05, 0) is 0 Å². The van der Waals surface area contributed by atoms with Gasteiger partial charge in [-0.1, -0.05) is 0 Å². The Bertz CT molecular complexity index is 823. The van der Waals surface area contributed by atoms with E-state index in [-0.39, 0.29) is 12.4 Å². The number of rotatable bonds is 4. The molecule has 2 aromatic heterocycles. The van der Waals surface area contributed by atoms with E-state index in [2.05, 4.69) is 20.3 Å². The van der Waals surface area contributed by atoms with Crippen molar-refractivity contribution < 1.29 is 23.8 Å². The number of ether oxygens (including phenoxy) is 1. The van der Waals surface area contributed by atoms with Crippen molar-refractivity contribution in [1.29, 1.82) is 0 Å². The molecule has 2 saturated heterocycles. The van der Waals surface area contributed by atoms with E-state index >= 15 is 0 Å². The van der Waals surface area contributed by atoms with Crippen LogP contribution in [0.15, 0.2) is 6.33 Å². The number of hydrogen-bond acceptors (Lipinski definition) is 11. The van der Waals surface area contributed by atoms with Crippen LogP contribution in [0, 0.1) is 0 Å². The molecule has 0 bridgehead atoms. The molecule has 2 aliphatic rings. The molecular formula is C12H21BN7O5P. The number of aromatic nitrogens is 4. The molecule has 0 spiro atoms. The third-order valence-corrected chi connectivity index (χ3v) is 5.74. The molecule has 12 nitrogen and oxygen atoms in total. The van der Waals surface area contributed by atoms with Crippen molar-refractivity contribution in [3.05, 3.63) is 6.33 Å². The Morgan fingerprint density at radius 3 is 3.04 bits per heavy atom. The fraction of sp³-hybridized carbons (Fsp3) is 0.583. The quantitative estimate of drug-likeness (QED) is 0.277. The summed E-state index contributed by atoms with van der Waals surface area (Å²) in [4.78, 5) is 22.8. The van der Waals surface area contributed by atoms with E-state index in [0.717, 1.165) is 0 Å². The van der Waals surface area contributed by atoms with Crippen molar-refractivity contribution in [2.45, 2.75) is 24.5 Å². The summed E-state index contributed by atoms with van der Waals surface area (Å²) < 4.78 is 18.3. The molecule has 2 aromatic rings. The first-order valence-corrected chi connectivity index (χ1v) is 10.5. The summed E-state index contributed by atoms with van der Waals surface area (Å²) in [6.45, 7) is 1.04. The molecule has 0 aliphatic carbocycles. The van der Waals surface area contributed by atoms with Crippen LogP contribution in [0.2, 0.25) is 0 Å². The van der Waals surface area contributed by atoms with E-state index in [9.17, 15) is 10.00 Å². The Morgan fingerprint density at radius 2 is 2.27 bits per heavy atom. The third-order valence-electron chi connectivity index (χ3n) is 4.33. The average molecular weight is 385 g/mol. The number of imidazole rings is 1. The van der Waals surface area contributed by atoms with E-state index in [1.54, 1.807) is 4.57 Å². The summed E-state index contributed by atoms with van der Waals surface area (Å²) in [6.07, 6.45) is -1.56. The molecule has 1 unspecified atom stereocenters. The molecule has 2 aliphatic heterocycles. The van der Waals surface area contributed by atoms with Crippen LogP contribution in [0.5, 0.6) is 0 Å². The van der Waals surface area contributed by atoms with E-state index in [1.807, 2.05) is 0 Å². The van der Waals surface area contributed by atoms with Gasteiger partial charge in [-0.2, -0.15) is 0 Å². The summed E-state index contributed by atoms with van der Waals surface area (Å²) >= 11 is 0. The maximum atomic E-state index is 10.7. The number of nitrogens with two attached hydrogens (primary N) is 2. The summed E-state index contributed by atoms with van der Waals surface area (Å²) in [5.41, 5.74) is 12.2. The fourth-order valence-corrected chi connectivity index (χ4v) is 4.48. The van der Waals surface area contributed by atoms with E-state index in [1.165, 1.54) is 13.9 Å². The van der Waals surface area contributed by atoms with Crippen LogP contribution in [-0.2, 0) is 13.8 Å². The topological polar surface area (TPSA) is 176 Å². The van der Waals surface area contributed by atoms with Crippen LogP contribution in [0.25, 0.3) is 11.2 Å². The Labute approximate surface area is 149 Å². The van der Waals surface area contributed by atoms with Crippen molar-refractivity contribution in [2.75, 3.05) is 30.7 Å². The molecule has 26 heavy (non-hydrogen) atoms. The molecule has 142 valence electrons. The van der Waals surface area contributed by atoms with Gasteiger partial charge in [0.1, 0.15) is 0 Å². The Kier molecular flexibility index (Phi) is 4.47. The van der Waals surface area contributed by atoms with Crippen molar-refractivity contribution in [2.24, 2.45) is 5.73 Å². The number of anilines is 2. The number of fused-ring (bicyclic) bond motifs is 2. The van der Waals surface area contributed by atoms with Crippen molar-refractivity contribution in [1.82, 2.24) is 19.5 Å². The summed E-state index contributed by atoms with van der Waals surface area (Å²) in [6, 6.07) is 0. The van der Waals surface area contributed by atoms with E-state index in [4.69, 9.17) is 25.3 Å². The minimum atomic E-state index is -3.25. The van der Waals surface area contributed by atoms with Crippen LogP contribution in [0.1, 0.15) is 6.23 Å². The minimum absolute atomic E-state index is 0.143. The zero-order valence-corrected chi connectivity index (χ0v) is 15.1. The van der Waals surface area contributed by atoms with Crippen LogP contribution >= 0.6 is 7.82 Å². The molecule has 0 amide bonds. The predicted molar refractivity (Wildman–Crippen MR) is 97.1 cm³/mol. The summed E-state index contributed by atoms with van der Waals surface area (Å²) in [5.74, 6) is 0.509. The van der Waals surface area contributed by atoms with Gasteiger partial charge in [0.2, 0.25) is 0 Å². The Hall–Kier alpha value is -1.60. The first-order chi connectivity index (χ1) is 12.4. The van der Waals surface area contributed by atoms with Gasteiger partial charge in [0.25, 0.3) is 0 Å². The zero-order chi connectivity index (χ0) is 18.5. The average Bonchev–Trinajstić information content (AvgIpc) is 3.14. The molecule has 4 heterocycles. The van der Waals surface area contributed by atoms with Crippen molar-refractivity contribution in [3.63, 3.8) is 0 Å². The van der Waals surface area contributed by atoms with Crippen molar-refractivity contribution in [3.8, 4) is 0 Å². The zero-order valence-electron chi connectivity index (χ0n) is 14.1. The first kappa shape index (κ1) is 17.8.